The van der Waals surface area contributed by atoms with Crippen LogP contribution in [0.3, 0.4) is 0 Å². The Morgan fingerprint density at radius 2 is 1.03 bits per heavy atom. The number of anilines is 2. The molecular weight excluding hydrogens is 484 g/mol. The summed E-state index contributed by atoms with van der Waals surface area (Å²) < 4.78 is 0. The second-order valence-corrected chi connectivity index (χ2v) is 10.1. The summed E-state index contributed by atoms with van der Waals surface area (Å²) >= 11 is 1.25. The van der Waals surface area contributed by atoms with Gasteiger partial charge in [-0.05, 0) is 76.9 Å². The van der Waals surface area contributed by atoms with E-state index >= 15 is 0 Å². The van der Waals surface area contributed by atoms with Gasteiger partial charge in [-0.15, -0.1) is 11.8 Å². The number of hydrogen-bond donors (Lipinski definition) is 2. The first-order valence-corrected chi connectivity index (χ1v) is 13.8. The molecule has 0 aliphatic rings. The fourth-order valence-corrected chi connectivity index (χ4v) is 4.64. The van der Waals surface area contributed by atoms with Crippen molar-refractivity contribution in [3.63, 3.8) is 0 Å². The normalized spacial score (nSPS) is 12.9. The van der Waals surface area contributed by atoms with Crippen molar-refractivity contribution >= 4 is 47.4 Å². The number of rotatable bonds is 14. The minimum absolute atomic E-state index is 0.266. The van der Waals surface area contributed by atoms with Crippen molar-refractivity contribution in [2.45, 2.75) is 52.0 Å². The van der Waals surface area contributed by atoms with E-state index < -0.39 is 10.5 Å². The van der Waals surface area contributed by atoms with Gasteiger partial charge in [0.2, 0.25) is 0 Å². The van der Waals surface area contributed by atoms with Gasteiger partial charge < -0.3 is 9.80 Å². The third-order valence-electron chi connectivity index (χ3n) is 5.97. The third-order valence-corrected chi connectivity index (χ3v) is 7.21. The molecule has 37 heavy (non-hydrogen) atoms. The molecule has 2 rings (SSSR count). The van der Waals surface area contributed by atoms with Gasteiger partial charge >= 0.3 is 0 Å². The number of benzene rings is 2. The minimum Gasteiger partial charge on any atom is -0.372 e. The van der Waals surface area contributed by atoms with Crippen molar-refractivity contribution in [2.75, 3.05) is 36.0 Å². The van der Waals surface area contributed by atoms with Crippen LogP contribution in [0.2, 0.25) is 0 Å². The predicted molar refractivity (Wildman–Crippen MR) is 158 cm³/mol. The maximum Gasteiger partial charge on any atom is 0.252 e. The van der Waals surface area contributed by atoms with E-state index in [1.54, 1.807) is 26.3 Å². The fourth-order valence-electron chi connectivity index (χ4n) is 3.67. The molecule has 2 atom stereocenters. The van der Waals surface area contributed by atoms with E-state index in [-0.39, 0.29) is 11.8 Å². The molecule has 200 valence electrons. The lowest BCUT2D eigenvalue weighted by atomic mass is 10.2. The van der Waals surface area contributed by atoms with Crippen LogP contribution >= 0.6 is 11.8 Å². The highest BCUT2D eigenvalue weighted by molar-refractivity contribution is 8.01. The smallest absolute Gasteiger partial charge is 0.252 e. The van der Waals surface area contributed by atoms with Gasteiger partial charge in [0.1, 0.15) is 0 Å². The van der Waals surface area contributed by atoms with Crippen LogP contribution in [0.25, 0.3) is 0 Å². The van der Waals surface area contributed by atoms with Crippen LogP contribution in [0.15, 0.2) is 58.7 Å². The van der Waals surface area contributed by atoms with E-state index in [1.807, 2.05) is 48.5 Å². The Morgan fingerprint density at radius 3 is 1.32 bits per heavy atom. The molecule has 2 aromatic carbocycles. The Bertz CT molecular complexity index is 948. The molecule has 0 aliphatic heterocycles. The molecule has 0 aliphatic carbocycles. The number of hydrazone groups is 2. The van der Waals surface area contributed by atoms with Crippen LogP contribution in [0, 0.1) is 0 Å². The zero-order valence-corrected chi connectivity index (χ0v) is 23.6. The van der Waals surface area contributed by atoms with E-state index in [4.69, 9.17) is 0 Å². The van der Waals surface area contributed by atoms with Crippen molar-refractivity contribution in [1.82, 2.24) is 10.9 Å². The first kappa shape index (κ1) is 29.9. The SMILES string of the molecule is CCN(CC)c1ccc(/C=N/NC(=O)C(C)SC(C)C(=O)N/N=C/c2ccc(N(CC)CC)cc2)cc1. The zero-order chi connectivity index (χ0) is 27.2. The van der Waals surface area contributed by atoms with Crippen molar-refractivity contribution in [3.05, 3.63) is 59.7 Å². The number of carbonyl (C=O) groups is 2. The van der Waals surface area contributed by atoms with Crippen LogP contribution in [0.1, 0.15) is 52.7 Å². The summed E-state index contributed by atoms with van der Waals surface area (Å²) in [5.41, 5.74) is 9.20. The molecule has 0 saturated carbocycles. The van der Waals surface area contributed by atoms with Gasteiger partial charge in [0, 0.05) is 37.6 Å². The Labute approximate surface area is 225 Å². The average Bonchev–Trinajstić information content (AvgIpc) is 2.91. The van der Waals surface area contributed by atoms with E-state index in [9.17, 15) is 9.59 Å². The molecule has 0 aromatic heterocycles. The maximum atomic E-state index is 12.4. The van der Waals surface area contributed by atoms with Gasteiger partial charge in [0.25, 0.3) is 11.8 Å². The number of amides is 2. The molecule has 0 fully saturated rings. The number of nitrogens with one attached hydrogen (secondary N) is 2. The quantitative estimate of drug-likeness (QED) is 0.281. The first-order valence-electron chi connectivity index (χ1n) is 12.8. The monoisotopic (exact) mass is 524 g/mol. The van der Waals surface area contributed by atoms with E-state index in [0.29, 0.717) is 0 Å². The number of carbonyl (C=O) groups excluding carboxylic acids is 2. The lowest BCUT2D eigenvalue weighted by Crippen LogP contribution is -2.33. The lowest BCUT2D eigenvalue weighted by Gasteiger charge is -2.20. The highest BCUT2D eigenvalue weighted by Gasteiger charge is 2.21. The highest BCUT2D eigenvalue weighted by atomic mass is 32.2. The van der Waals surface area contributed by atoms with Gasteiger partial charge in [-0.2, -0.15) is 10.2 Å². The van der Waals surface area contributed by atoms with Crippen molar-refractivity contribution in [2.24, 2.45) is 10.2 Å². The molecular formula is C28H40N6O2S. The van der Waals surface area contributed by atoms with Crippen LogP contribution in [0.5, 0.6) is 0 Å². The maximum absolute atomic E-state index is 12.4. The third kappa shape index (κ3) is 9.57. The Kier molecular flexibility index (Phi) is 12.7. The Morgan fingerprint density at radius 1 is 0.703 bits per heavy atom. The summed E-state index contributed by atoms with van der Waals surface area (Å²) in [4.78, 5) is 29.3. The molecule has 2 amide bonds. The summed E-state index contributed by atoms with van der Waals surface area (Å²) in [5, 5.41) is 7.21. The van der Waals surface area contributed by atoms with Gasteiger partial charge in [-0.1, -0.05) is 24.3 Å². The molecule has 0 radical (unpaired) electrons. The van der Waals surface area contributed by atoms with Gasteiger partial charge in [-0.3, -0.25) is 9.59 Å². The summed E-state index contributed by atoms with van der Waals surface area (Å²) in [6.45, 7) is 15.8. The van der Waals surface area contributed by atoms with Gasteiger partial charge in [-0.25, -0.2) is 10.9 Å². The molecule has 0 saturated heterocycles. The standard InChI is InChI=1S/C28H40N6O2S/c1-7-33(8-2)25-15-11-23(12-16-25)19-29-31-27(35)21(5)37-22(6)28(36)32-30-20-24-13-17-26(18-14-24)34(9-3)10-4/h11-22H,7-10H2,1-6H3,(H,31,35)(H,32,36)/b29-19+,30-20+. The van der Waals surface area contributed by atoms with E-state index in [1.165, 1.54) is 11.8 Å². The molecule has 0 heterocycles. The number of nitrogens with zero attached hydrogens (tertiary/aromatic N) is 4. The lowest BCUT2D eigenvalue weighted by molar-refractivity contribution is -0.120. The molecule has 0 spiro atoms. The molecule has 8 nitrogen and oxygen atoms in total. The first-order chi connectivity index (χ1) is 17.8. The summed E-state index contributed by atoms with van der Waals surface area (Å²) in [6, 6.07) is 16.0. The molecule has 2 aromatic rings. The van der Waals surface area contributed by atoms with Crippen molar-refractivity contribution < 1.29 is 9.59 Å². The van der Waals surface area contributed by atoms with E-state index in [0.717, 1.165) is 48.7 Å². The highest BCUT2D eigenvalue weighted by Crippen LogP contribution is 2.18. The molecule has 0 bridgehead atoms. The second kappa shape index (κ2) is 15.7. The van der Waals surface area contributed by atoms with Gasteiger partial charge in [0.15, 0.2) is 0 Å². The second-order valence-electron chi connectivity index (χ2n) is 8.42. The van der Waals surface area contributed by atoms with Crippen LogP contribution in [0.4, 0.5) is 11.4 Å². The average molecular weight is 525 g/mol. The fraction of sp³-hybridized carbons (Fsp3) is 0.429. The van der Waals surface area contributed by atoms with Crippen LogP contribution in [-0.4, -0.2) is 60.9 Å². The van der Waals surface area contributed by atoms with Crippen molar-refractivity contribution in [1.29, 1.82) is 0 Å². The molecule has 2 N–H and O–H groups in total. The summed E-state index contributed by atoms with van der Waals surface area (Å²) in [7, 11) is 0. The number of hydrogen-bond acceptors (Lipinski definition) is 7. The predicted octanol–water partition coefficient (Wildman–Crippen LogP) is 4.49. The largest absolute Gasteiger partial charge is 0.372 e. The molecule has 2 unspecified atom stereocenters. The van der Waals surface area contributed by atoms with Crippen molar-refractivity contribution in [3.8, 4) is 0 Å². The summed E-state index contributed by atoms with van der Waals surface area (Å²) in [6.07, 6.45) is 3.22. The summed E-state index contributed by atoms with van der Waals surface area (Å²) in [5.74, 6) is -0.532. The molecule has 9 heteroatoms. The Hall–Kier alpha value is -3.33. The topological polar surface area (TPSA) is 89.4 Å². The van der Waals surface area contributed by atoms with Gasteiger partial charge in [0.05, 0.1) is 22.9 Å². The van der Waals surface area contributed by atoms with E-state index in [2.05, 4.69) is 58.5 Å². The minimum atomic E-state index is -0.459. The Balaban J connectivity index is 1.78. The van der Waals surface area contributed by atoms with Crippen LogP contribution < -0.4 is 20.7 Å². The number of thioether (sulfide) groups is 1. The van der Waals surface area contributed by atoms with Crippen LogP contribution in [-0.2, 0) is 9.59 Å². The zero-order valence-electron chi connectivity index (χ0n) is 22.8.